The van der Waals surface area contributed by atoms with Crippen molar-refractivity contribution in [3.63, 3.8) is 0 Å². The average molecular weight is 184 g/mol. The van der Waals surface area contributed by atoms with Crippen molar-refractivity contribution in [2.24, 2.45) is 0 Å². The quantitative estimate of drug-likeness (QED) is 0.408. The fourth-order valence-corrected chi connectivity index (χ4v) is 0.987. The van der Waals surface area contributed by atoms with Crippen LogP contribution in [0.25, 0.3) is 0 Å². The molecule has 72 valence electrons. The Hall–Kier alpha value is -1.43. The average Bonchev–Trinajstić information content (AvgIpc) is 2.53. The number of nitrogens with one attached hydrogen (secondary N) is 1. The van der Waals surface area contributed by atoms with E-state index in [1.54, 1.807) is 4.68 Å². The van der Waals surface area contributed by atoms with E-state index in [0.29, 0.717) is 6.54 Å². The number of nitro groups is 1. The van der Waals surface area contributed by atoms with Gasteiger partial charge in [0.25, 0.3) is 0 Å². The highest BCUT2D eigenvalue weighted by Crippen LogP contribution is 2.07. The Bertz CT molecular complexity index is 284. The van der Waals surface area contributed by atoms with Gasteiger partial charge in [-0.3, -0.25) is 14.8 Å². The van der Waals surface area contributed by atoms with Crippen LogP contribution in [0.15, 0.2) is 12.4 Å². The first-order chi connectivity index (χ1) is 6.24. The smallest absolute Gasteiger partial charge is 0.306 e. The Morgan fingerprint density at radius 3 is 3.08 bits per heavy atom. The molecule has 0 fully saturated rings. The molecule has 6 heteroatoms. The summed E-state index contributed by atoms with van der Waals surface area (Å²) in [5.74, 6) is 0. The van der Waals surface area contributed by atoms with E-state index >= 15 is 0 Å². The Morgan fingerprint density at radius 2 is 2.54 bits per heavy atom. The third kappa shape index (κ3) is 2.83. The molecule has 0 saturated heterocycles. The van der Waals surface area contributed by atoms with E-state index in [4.69, 9.17) is 0 Å². The van der Waals surface area contributed by atoms with Crippen molar-refractivity contribution in [1.29, 1.82) is 0 Å². The summed E-state index contributed by atoms with van der Waals surface area (Å²) in [5.41, 5.74) is 0.0458. The van der Waals surface area contributed by atoms with Crippen LogP contribution < -0.4 is 5.32 Å². The topological polar surface area (TPSA) is 73.0 Å². The van der Waals surface area contributed by atoms with Crippen molar-refractivity contribution in [2.45, 2.75) is 13.0 Å². The first-order valence-corrected chi connectivity index (χ1v) is 4.05. The van der Waals surface area contributed by atoms with Gasteiger partial charge in [-0.1, -0.05) is 0 Å². The van der Waals surface area contributed by atoms with Crippen molar-refractivity contribution >= 4 is 5.69 Å². The summed E-state index contributed by atoms with van der Waals surface area (Å²) in [6.07, 6.45) is 3.62. The predicted octanol–water partition coefficient (Wildman–Crippen LogP) is 0.401. The fraction of sp³-hybridized carbons (Fsp3) is 0.571. The molecule has 0 spiro atoms. The molecule has 0 aliphatic heterocycles. The van der Waals surface area contributed by atoms with Gasteiger partial charge in [-0.15, -0.1) is 0 Å². The largest absolute Gasteiger partial charge is 0.320 e. The fourth-order valence-electron chi connectivity index (χ4n) is 0.987. The lowest BCUT2D eigenvalue weighted by Crippen LogP contribution is -2.11. The second kappa shape index (κ2) is 4.56. The molecule has 1 rings (SSSR count). The van der Waals surface area contributed by atoms with E-state index in [1.165, 1.54) is 12.4 Å². The van der Waals surface area contributed by atoms with Crippen LogP contribution in [0.3, 0.4) is 0 Å². The summed E-state index contributed by atoms with van der Waals surface area (Å²) in [5, 5.41) is 17.1. The molecule has 0 aromatic carbocycles. The first kappa shape index (κ1) is 9.66. The minimum atomic E-state index is -0.443. The summed E-state index contributed by atoms with van der Waals surface area (Å²) >= 11 is 0. The van der Waals surface area contributed by atoms with Crippen LogP contribution in [-0.2, 0) is 6.54 Å². The number of hydrogen-bond donors (Lipinski definition) is 1. The Balaban J connectivity index is 2.44. The van der Waals surface area contributed by atoms with Gasteiger partial charge in [-0.05, 0) is 20.0 Å². The number of hydrogen-bond acceptors (Lipinski definition) is 4. The van der Waals surface area contributed by atoms with Gasteiger partial charge < -0.3 is 5.32 Å². The molecule has 1 aromatic rings. The van der Waals surface area contributed by atoms with Crippen LogP contribution in [0.5, 0.6) is 0 Å². The van der Waals surface area contributed by atoms with Crippen molar-refractivity contribution in [3.8, 4) is 0 Å². The number of nitrogens with zero attached hydrogens (tertiary/aromatic N) is 3. The monoisotopic (exact) mass is 184 g/mol. The van der Waals surface area contributed by atoms with Gasteiger partial charge in [0.15, 0.2) is 0 Å². The lowest BCUT2D eigenvalue weighted by Gasteiger charge is -1.98. The second-order valence-corrected chi connectivity index (χ2v) is 2.68. The molecule has 0 aliphatic carbocycles. The maximum absolute atomic E-state index is 10.3. The number of aromatic nitrogens is 2. The molecule has 0 unspecified atom stereocenters. The number of aryl methyl sites for hydroxylation is 1. The molecule has 0 saturated carbocycles. The molecule has 0 amide bonds. The van der Waals surface area contributed by atoms with E-state index in [-0.39, 0.29) is 5.69 Å². The summed E-state index contributed by atoms with van der Waals surface area (Å²) in [4.78, 5) is 9.84. The first-order valence-electron chi connectivity index (χ1n) is 4.05. The molecule has 1 heterocycles. The minimum absolute atomic E-state index is 0.0458. The Labute approximate surface area is 75.7 Å². The van der Waals surface area contributed by atoms with Gasteiger partial charge >= 0.3 is 5.69 Å². The van der Waals surface area contributed by atoms with Crippen molar-refractivity contribution < 1.29 is 4.92 Å². The molecular weight excluding hydrogens is 172 g/mol. The zero-order chi connectivity index (χ0) is 9.68. The van der Waals surface area contributed by atoms with Crippen molar-refractivity contribution in [1.82, 2.24) is 15.1 Å². The molecule has 0 bridgehead atoms. The SMILES string of the molecule is CNCCCn1cc([N+](=O)[O-])cn1. The Morgan fingerprint density at radius 1 is 1.77 bits per heavy atom. The second-order valence-electron chi connectivity index (χ2n) is 2.68. The lowest BCUT2D eigenvalue weighted by atomic mass is 10.4. The zero-order valence-corrected chi connectivity index (χ0v) is 7.43. The van der Waals surface area contributed by atoms with Crippen LogP contribution in [0.2, 0.25) is 0 Å². The summed E-state index contributed by atoms with van der Waals surface area (Å²) in [7, 11) is 1.87. The Kier molecular flexibility index (Phi) is 3.39. The molecule has 0 radical (unpaired) electrons. The van der Waals surface area contributed by atoms with E-state index in [2.05, 4.69) is 10.4 Å². The van der Waals surface area contributed by atoms with Crippen LogP contribution >= 0.6 is 0 Å². The standard InChI is InChI=1S/C7H12N4O2/c1-8-3-2-4-10-6-7(5-9-10)11(12)13/h5-6,8H,2-4H2,1H3. The van der Waals surface area contributed by atoms with E-state index in [9.17, 15) is 10.1 Å². The van der Waals surface area contributed by atoms with Crippen LogP contribution in [-0.4, -0.2) is 28.3 Å². The van der Waals surface area contributed by atoms with Crippen LogP contribution in [0.4, 0.5) is 5.69 Å². The third-order valence-corrected chi connectivity index (χ3v) is 1.64. The molecule has 1 aromatic heterocycles. The third-order valence-electron chi connectivity index (χ3n) is 1.64. The van der Waals surface area contributed by atoms with Gasteiger partial charge in [0.1, 0.15) is 12.4 Å². The summed E-state index contributed by atoms with van der Waals surface area (Å²) in [6, 6.07) is 0. The van der Waals surface area contributed by atoms with E-state index in [0.717, 1.165) is 13.0 Å². The molecule has 0 aliphatic rings. The molecule has 0 atom stereocenters. The van der Waals surface area contributed by atoms with Crippen LogP contribution in [0, 0.1) is 10.1 Å². The van der Waals surface area contributed by atoms with E-state index < -0.39 is 4.92 Å². The van der Waals surface area contributed by atoms with Crippen LogP contribution in [0.1, 0.15) is 6.42 Å². The molecular formula is C7H12N4O2. The van der Waals surface area contributed by atoms with Crippen molar-refractivity contribution in [3.05, 3.63) is 22.5 Å². The lowest BCUT2D eigenvalue weighted by molar-refractivity contribution is -0.385. The minimum Gasteiger partial charge on any atom is -0.320 e. The maximum Gasteiger partial charge on any atom is 0.306 e. The van der Waals surface area contributed by atoms with Gasteiger partial charge in [0.2, 0.25) is 0 Å². The van der Waals surface area contributed by atoms with Crippen molar-refractivity contribution in [2.75, 3.05) is 13.6 Å². The van der Waals surface area contributed by atoms with E-state index in [1.807, 2.05) is 7.05 Å². The summed E-state index contributed by atoms with van der Waals surface area (Å²) in [6.45, 7) is 1.59. The molecule has 6 nitrogen and oxygen atoms in total. The molecule has 13 heavy (non-hydrogen) atoms. The predicted molar refractivity (Wildman–Crippen MR) is 47.4 cm³/mol. The highest BCUT2D eigenvalue weighted by molar-refractivity contribution is 5.20. The maximum atomic E-state index is 10.3. The van der Waals surface area contributed by atoms with Gasteiger partial charge in [-0.25, -0.2) is 0 Å². The van der Waals surface area contributed by atoms with Gasteiger partial charge in [0.05, 0.1) is 4.92 Å². The van der Waals surface area contributed by atoms with Gasteiger partial charge in [0, 0.05) is 6.54 Å². The summed E-state index contributed by atoms with van der Waals surface area (Å²) < 4.78 is 1.58. The normalized spacial score (nSPS) is 10.2. The molecule has 1 N–H and O–H groups in total. The number of rotatable bonds is 5. The highest BCUT2D eigenvalue weighted by Gasteiger charge is 2.07. The van der Waals surface area contributed by atoms with Gasteiger partial charge in [-0.2, -0.15) is 5.10 Å². The zero-order valence-electron chi connectivity index (χ0n) is 7.43. The highest BCUT2D eigenvalue weighted by atomic mass is 16.6.